The van der Waals surface area contributed by atoms with Crippen molar-refractivity contribution in [1.82, 2.24) is 5.32 Å². The van der Waals surface area contributed by atoms with Crippen molar-refractivity contribution in [2.45, 2.75) is 31.9 Å². The van der Waals surface area contributed by atoms with Crippen molar-refractivity contribution < 1.29 is 9.90 Å². The van der Waals surface area contributed by atoms with Gasteiger partial charge >= 0.3 is 0 Å². The smallest absolute Gasteiger partial charge is 0.253 e. The molecular formula is C12H15BrN2O2. The first-order valence-corrected chi connectivity index (χ1v) is 6.31. The van der Waals surface area contributed by atoms with Crippen LogP contribution in [0.3, 0.4) is 0 Å². The van der Waals surface area contributed by atoms with Crippen LogP contribution < -0.4 is 11.1 Å². The van der Waals surface area contributed by atoms with E-state index in [1.54, 1.807) is 6.07 Å². The van der Waals surface area contributed by atoms with Gasteiger partial charge in [-0.3, -0.25) is 4.79 Å². The van der Waals surface area contributed by atoms with E-state index < -0.39 is 0 Å². The minimum atomic E-state index is -0.276. The SMILES string of the molecule is Cc1cc(Br)c(N)c(C(=O)NC2CC(O)C2)c1. The maximum absolute atomic E-state index is 12.0. The Morgan fingerprint density at radius 3 is 2.76 bits per heavy atom. The lowest BCUT2D eigenvalue weighted by Gasteiger charge is -2.32. The van der Waals surface area contributed by atoms with Crippen LogP contribution in [0, 0.1) is 6.92 Å². The number of nitrogens with one attached hydrogen (secondary N) is 1. The molecule has 0 radical (unpaired) electrons. The first-order valence-electron chi connectivity index (χ1n) is 5.52. The van der Waals surface area contributed by atoms with E-state index >= 15 is 0 Å². The topological polar surface area (TPSA) is 75.4 Å². The summed E-state index contributed by atoms with van der Waals surface area (Å²) in [6, 6.07) is 3.71. The number of hydrogen-bond donors (Lipinski definition) is 3. The molecule has 1 aliphatic carbocycles. The number of nitrogens with two attached hydrogens (primary N) is 1. The van der Waals surface area contributed by atoms with E-state index in [1.807, 2.05) is 13.0 Å². The van der Waals surface area contributed by atoms with Crippen LogP contribution in [0.15, 0.2) is 16.6 Å². The molecule has 0 aromatic heterocycles. The molecule has 1 aromatic rings. The van der Waals surface area contributed by atoms with E-state index in [9.17, 15) is 4.79 Å². The van der Waals surface area contributed by atoms with Gasteiger partial charge in [0.25, 0.3) is 5.91 Å². The van der Waals surface area contributed by atoms with Crippen LogP contribution >= 0.6 is 15.9 Å². The van der Waals surface area contributed by atoms with Gasteiger partial charge in [0, 0.05) is 10.5 Å². The summed E-state index contributed by atoms with van der Waals surface area (Å²) in [4.78, 5) is 12.0. The van der Waals surface area contributed by atoms with Crippen LogP contribution in [0.4, 0.5) is 5.69 Å². The van der Waals surface area contributed by atoms with Gasteiger partial charge in [0.1, 0.15) is 0 Å². The zero-order valence-electron chi connectivity index (χ0n) is 9.53. The number of hydrogen-bond acceptors (Lipinski definition) is 3. The van der Waals surface area contributed by atoms with E-state index in [-0.39, 0.29) is 18.1 Å². The highest BCUT2D eigenvalue weighted by molar-refractivity contribution is 9.10. The summed E-state index contributed by atoms with van der Waals surface area (Å²) in [5.41, 5.74) is 7.77. The first-order chi connectivity index (χ1) is 7.97. The molecular weight excluding hydrogens is 284 g/mol. The monoisotopic (exact) mass is 298 g/mol. The molecule has 0 spiro atoms. The predicted molar refractivity (Wildman–Crippen MR) is 69.8 cm³/mol. The molecule has 4 N–H and O–H groups in total. The standard InChI is InChI=1S/C12H15BrN2O2/c1-6-2-9(11(14)10(13)3-6)12(17)15-7-4-8(16)5-7/h2-3,7-8,16H,4-5,14H2,1H3,(H,15,17). The second-order valence-electron chi connectivity index (χ2n) is 4.50. The van der Waals surface area contributed by atoms with Gasteiger partial charge in [-0.2, -0.15) is 0 Å². The lowest BCUT2D eigenvalue weighted by molar-refractivity contribution is 0.0563. The number of aliphatic hydroxyl groups excluding tert-OH is 1. The first kappa shape index (κ1) is 12.4. The molecule has 0 bridgehead atoms. The number of anilines is 1. The number of nitrogen functional groups attached to an aromatic ring is 1. The van der Waals surface area contributed by atoms with Crippen molar-refractivity contribution in [1.29, 1.82) is 0 Å². The Morgan fingerprint density at radius 1 is 1.53 bits per heavy atom. The van der Waals surface area contributed by atoms with Crippen molar-refractivity contribution in [3.8, 4) is 0 Å². The van der Waals surface area contributed by atoms with E-state index in [2.05, 4.69) is 21.2 Å². The van der Waals surface area contributed by atoms with Crippen LogP contribution in [0.25, 0.3) is 0 Å². The molecule has 0 unspecified atom stereocenters. The number of amides is 1. The van der Waals surface area contributed by atoms with Gasteiger partial charge in [0.2, 0.25) is 0 Å². The van der Waals surface area contributed by atoms with Crippen molar-refractivity contribution in [2.75, 3.05) is 5.73 Å². The fourth-order valence-corrected chi connectivity index (χ4v) is 2.48. The third-order valence-electron chi connectivity index (χ3n) is 2.97. The van der Waals surface area contributed by atoms with Gasteiger partial charge in [-0.25, -0.2) is 0 Å². The number of aliphatic hydroxyl groups is 1. The Hall–Kier alpha value is -1.07. The molecule has 0 saturated heterocycles. The summed E-state index contributed by atoms with van der Waals surface area (Å²) >= 11 is 3.33. The predicted octanol–water partition coefficient (Wildman–Crippen LogP) is 1.59. The number of aryl methyl sites for hydroxylation is 1. The molecule has 4 nitrogen and oxygen atoms in total. The lowest BCUT2D eigenvalue weighted by Crippen LogP contribution is -2.46. The van der Waals surface area contributed by atoms with Gasteiger partial charge in [-0.15, -0.1) is 0 Å². The van der Waals surface area contributed by atoms with Crippen LogP contribution in [-0.2, 0) is 0 Å². The Kier molecular flexibility index (Phi) is 3.40. The Balaban J connectivity index is 2.13. The molecule has 5 heteroatoms. The van der Waals surface area contributed by atoms with E-state index in [4.69, 9.17) is 10.8 Å². The number of rotatable bonds is 2. The third-order valence-corrected chi connectivity index (χ3v) is 3.62. The van der Waals surface area contributed by atoms with Crippen LogP contribution in [-0.4, -0.2) is 23.2 Å². The zero-order valence-corrected chi connectivity index (χ0v) is 11.1. The van der Waals surface area contributed by atoms with Gasteiger partial charge in [0.05, 0.1) is 17.4 Å². The van der Waals surface area contributed by atoms with Crippen LogP contribution in [0.5, 0.6) is 0 Å². The summed E-state index contributed by atoms with van der Waals surface area (Å²) in [6.45, 7) is 1.91. The van der Waals surface area contributed by atoms with E-state index in [0.29, 0.717) is 24.1 Å². The molecule has 1 aromatic carbocycles. The average Bonchev–Trinajstić information content (AvgIpc) is 2.21. The van der Waals surface area contributed by atoms with Crippen LogP contribution in [0.2, 0.25) is 0 Å². The maximum Gasteiger partial charge on any atom is 0.253 e. The second kappa shape index (κ2) is 4.66. The van der Waals surface area contributed by atoms with Crippen molar-refractivity contribution in [3.05, 3.63) is 27.7 Å². The molecule has 92 valence electrons. The molecule has 0 atom stereocenters. The highest BCUT2D eigenvalue weighted by Gasteiger charge is 2.29. The van der Waals surface area contributed by atoms with Gasteiger partial charge in [-0.1, -0.05) is 0 Å². The normalized spacial score (nSPS) is 23.0. The number of carbonyl (C=O) groups excluding carboxylic acids is 1. The molecule has 1 aliphatic rings. The summed E-state index contributed by atoms with van der Waals surface area (Å²) in [5, 5.41) is 12.0. The van der Waals surface area contributed by atoms with E-state index in [0.717, 1.165) is 10.0 Å². The summed E-state index contributed by atoms with van der Waals surface area (Å²) in [5.74, 6) is -0.177. The molecule has 17 heavy (non-hydrogen) atoms. The minimum Gasteiger partial charge on any atom is -0.397 e. The fraction of sp³-hybridized carbons (Fsp3) is 0.417. The second-order valence-corrected chi connectivity index (χ2v) is 5.36. The Morgan fingerprint density at radius 2 is 2.18 bits per heavy atom. The molecule has 1 fully saturated rings. The van der Waals surface area contributed by atoms with Gasteiger partial charge in [0.15, 0.2) is 0 Å². The Bertz CT molecular complexity index is 456. The number of halogens is 1. The molecule has 1 amide bonds. The Labute approximate surface area is 108 Å². The lowest BCUT2D eigenvalue weighted by atomic mass is 9.89. The summed E-state index contributed by atoms with van der Waals surface area (Å²) < 4.78 is 0.733. The largest absolute Gasteiger partial charge is 0.397 e. The van der Waals surface area contributed by atoms with Crippen molar-refractivity contribution in [2.24, 2.45) is 0 Å². The van der Waals surface area contributed by atoms with Crippen molar-refractivity contribution in [3.63, 3.8) is 0 Å². The summed E-state index contributed by atoms with van der Waals surface area (Å²) in [6.07, 6.45) is 0.971. The quantitative estimate of drug-likeness (QED) is 0.726. The van der Waals surface area contributed by atoms with Crippen LogP contribution in [0.1, 0.15) is 28.8 Å². The van der Waals surface area contributed by atoms with Gasteiger partial charge < -0.3 is 16.2 Å². The van der Waals surface area contributed by atoms with Crippen molar-refractivity contribution >= 4 is 27.5 Å². The number of carbonyl (C=O) groups is 1. The highest BCUT2D eigenvalue weighted by atomic mass is 79.9. The minimum absolute atomic E-state index is 0.0659. The van der Waals surface area contributed by atoms with Gasteiger partial charge in [-0.05, 0) is 53.4 Å². The zero-order chi connectivity index (χ0) is 12.6. The maximum atomic E-state index is 12.0. The molecule has 2 rings (SSSR count). The third kappa shape index (κ3) is 2.61. The average molecular weight is 299 g/mol. The van der Waals surface area contributed by atoms with E-state index in [1.165, 1.54) is 0 Å². The fourth-order valence-electron chi connectivity index (χ4n) is 1.91. The summed E-state index contributed by atoms with van der Waals surface area (Å²) in [7, 11) is 0. The molecule has 0 aliphatic heterocycles. The molecule has 0 heterocycles. The molecule has 1 saturated carbocycles. The number of benzene rings is 1. The highest BCUT2D eigenvalue weighted by Crippen LogP contribution is 2.26.